The van der Waals surface area contributed by atoms with Gasteiger partial charge < -0.3 is 5.11 Å². The van der Waals surface area contributed by atoms with E-state index < -0.39 is 0 Å². The number of aromatic hydroxyl groups is 1. The Bertz CT molecular complexity index is 617. The third-order valence-corrected chi connectivity index (χ3v) is 6.07. The van der Waals surface area contributed by atoms with Crippen LogP contribution in [0.1, 0.15) is 25.8 Å². The molecule has 2 aromatic rings. The summed E-state index contributed by atoms with van der Waals surface area (Å²) in [5.74, 6) is 0.120. The zero-order valence-electron chi connectivity index (χ0n) is 11.5. The highest BCUT2D eigenvalue weighted by Crippen LogP contribution is 2.47. The minimum Gasteiger partial charge on any atom is -0.508 e. The van der Waals surface area contributed by atoms with Gasteiger partial charge in [0.25, 0.3) is 0 Å². The van der Waals surface area contributed by atoms with Crippen molar-refractivity contribution in [3.8, 4) is 5.75 Å². The van der Waals surface area contributed by atoms with Crippen LogP contribution < -0.4 is 5.30 Å². The van der Waals surface area contributed by atoms with Crippen LogP contribution >= 0.6 is 31.2 Å². The molecule has 0 spiro atoms. The molecule has 0 bridgehead atoms. The second kappa shape index (κ2) is 6.40. The molecule has 0 aliphatic rings. The van der Waals surface area contributed by atoms with Crippen molar-refractivity contribution in [2.24, 2.45) is 0 Å². The van der Waals surface area contributed by atoms with E-state index in [9.17, 15) is 9.50 Å². The van der Waals surface area contributed by atoms with E-state index in [-0.39, 0.29) is 19.6 Å². The van der Waals surface area contributed by atoms with Crippen molar-refractivity contribution >= 4 is 36.5 Å². The van der Waals surface area contributed by atoms with Gasteiger partial charge in [-0.3, -0.25) is 0 Å². The van der Waals surface area contributed by atoms with Crippen molar-refractivity contribution < 1.29 is 9.50 Å². The summed E-state index contributed by atoms with van der Waals surface area (Å²) in [6.45, 7) is 4.16. The fourth-order valence-electron chi connectivity index (χ4n) is 2.16. The first-order valence-electron chi connectivity index (χ1n) is 6.48. The fraction of sp³-hybridized carbons (Fsp3) is 0.250. The van der Waals surface area contributed by atoms with Crippen LogP contribution in [0.25, 0.3) is 0 Å². The number of hydrogen-bond acceptors (Lipinski definition) is 1. The zero-order valence-corrected chi connectivity index (χ0v) is 14.6. The number of halogens is 2. The summed E-state index contributed by atoms with van der Waals surface area (Å²) in [6.07, 6.45) is 0.841. The molecular weight excluding hydrogens is 385 g/mol. The van der Waals surface area contributed by atoms with Gasteiger partial charge >= 0.3 is 0 Å². The molecule has 2 aromatic carbocycles. The van der Waals surface area contributed by atoms with Crippen molar-refractivity contribution in [1.82, 2.24) is 0 Å². The van der Waals surface area contributed by atoms with Gasteiger partial charge in [0.1, 0.15) is 11.6 Å². The van der Waals surface area contributed by atoms with Gasteiger partial charge in [-0.1, -0.05) is 40.6 Å². The van der Waals surface area contributed by atoms with Crippen LogP contribution in [0.3, 0.4) is 0 Å². The number of benzene rings is 2. The average Bonchev–Trinajstić information content (AvgIpc) is 2.44. The first-order valence-corrected chi connectivity index (χ1v) is 8.56. The fourth-order valence-corrected chi connectivity index (χ4v) is 4.14. The lowest BCUT2D eigenvalue weighted by atomic mass is 9.96. The lowest BCUT2D eigenvalue weighted by molar-refractivity contribution is 0.456. The first kappa shape index (κ1) is 15.7. The summed E-state index contributed by atoms with van der Waals surface area (Å²) < 4.78 is 15.0. The molecular formula is C16H17FIOP. The van der Waals surface area contributed by atoms with E-state index in [2.05, 4.69) is 36.4 Å². The Morgan fingerprint density at radius 1 is 1.25 bits per heavy atom. The van der Waals surface area contributed by atoms with Crippen LogP contribution in [0.15, 0.2) is 42.5 Å². The van der Waals surface area contributed by atoms with Crippen LogP contribution in [0.4, 0.5) is 4.39 Å². The molecule has 0 aliphatic heterocycles. The average molecular weight is 402 g/mol. The Morgan fingerprint density at radius 2 is 1.95 bits per heavy atom. The van der Waals surface area contributed by atoms with Crippen LogP contribution in [0, 0.1) is 9.39 Å². The highest BCUT2D eigenvalue weighted by Gasteiger charge is 2.29. The van der Waals surface area contributed by atoms with E-state index in [0.29, 0.717) is 5.75 Å². The predicted molar refractivity (Wildman–Crippen MR) is 92.8 cm³/mol. The molecule has 0 fully saturated rings. The maximum absolute atomic E-state index is 13.9. The summed E-state index contributed by atoms with van der Waals surface area (Å²) in [5.41, 5.74) is 0.897. The Hall–Kier alpha value is -0.670. The van der Waals surface area contributed by atoms with Crippen molar-refractivity contribution in [1.29, 1.82) is 0 Å². The van der Waals surface area contributed by atoms with Gasteiger partial charge in [-0.25, -0.2) is 4.39 Å². The van der Waals surface area contributed by atoms with Crippen LogP contribution in [-0.2, 0) is 5.16 Å². The first-order chi connectivity index (χ1) is 9.46. The second-order valence-corrected chi connectivity index (χ2v) is 8.09. The van der Waals surface area contributed by atoms with E-state index in [1.165, 1.54) is 6.07 Å². The third-order valence-electron chi connectivity index (χ3n) is 3.54. The van der Waals surface area contributed by atoms with Crippen LogP contribution in [0.2, 0.25) is 0 Å². The van der Waals surface area contributed by atoms with Crippen molar-refractivity contribution in [3.05, 3.63) is 57.4 Å². The quantitative estimate of drug-likeness (QED) is 0.578. The maximum atomic E-state index is 13.9. The normalized spacial score (nSPS) is 14.6. The Labute approximate surface area is 134 Å². The van der Waals surface area contributed by atoms with E-state index in [1.54, 1.807) is 12.1 Å². The summed E-state index contributed by atoms with van der Waals surface area (Å²) in [7, 11) is 0.279. The highest BCUT2D eigenvalue weighted by atomic mass is 127. The van der Waals surface area contributed by atoms with Gasteiger partial charge in [0.2, 0.25) is 0 Å². The molecule has 2 atom stereocenters. The molecule has 0 saturated heterocycles. The van der Waals surface area contributed by atoms with Crippen LogP contribution in [0.5, 0.6) is 5.75 Å². The molecule has 2 unspecified atom stereocenters. The van der Waals surface area contributed by atoms with Gasteiger partial charge in [-0.2, -0.15) is 0 Å². The molecule has 0 aliphatic carbocycles. The summed E-state index contributed by atoms with van der Waals surface area (Å²) in [5, 5.41) is 10.6. The Kier molecular flexibility index (Phi) is 5.03. The number of phenolic OH excluding ortho intramolecular Hbond substituents is 1. The van der Waals surface area contributed by atoms with E-state index in [4.69, 9.17) is 0 Å². The van der Waals surface area contributed by atoms with Crippen molar-refractivity contribution in [2.45, 2.75) is 25.4 Å². The standard InChI is InChI=1S/C16H17FIOP/c1-3-16(2,12-10-11(18)8-9-14(12)19)20-15-7-5-4-6-13(15)17/h4-10,19-20H,3H2,1-2H3. The van der Waals surface area contributed by atoms with Gasteiger partial charge in [-0.05, 0) is 53.3 Å². The smallest absolute Gasteiger partial charge is 0.130 e. The number of rotatable bonds is 4. The molecule has 2 rings (SSSR count). The van der Waals surface area contributed by atoms with E-state index in [0.717, 1.165) is 20.9 Å². The molecule has 0 amide bonds. The lowest BCUT2D eigenvalue weighted by Crippen LogP contribution is -2.20. The molecule has 20 heavy (non-hydrogen) atoms. The second-order valence-electron chi connectivity index (χ2n) is 4.95. The van der Waals surface area contributed by atoms with Gasteiger partial charge in [-0.15, -0.1) is 0 Å². The molecule has 4 heteroatoms. The van der Waals surface area contributed by atoms with Crippen LogP contribution in [-0.4, -0.2) is 5.11 Å². The van der Waals surface area contributed by atoms with E-state index in [1.807, 2.05) is 24.3 Å². The molecule has 0 heterocycles. The number of hydrogen-bond donors (Lipinski definition) is 1. The zero-order chi connectivity index (χ0) is 14.8. The van der Waals surface area contributed by atoms with Gasteiger partial charge in [0.05, 0.1) is 0 Å². The predicted octanol–water partition coefficient (Wildman–Crippen LogP) is 4.77. The molecule has 1 N–H and O–H groups in total. The molecule has 0 saturated carbocycles. The largest absolute Gasteiger partial charge is 0.508 e. The minimum atomic E-state index is -0.256. The molecule has 0 aromatic heterocycles. The Balaban J connectivity index is 2.43. The summed E-state index contributed by atoms with van der Waals surface area (Å²) in [4.78, 5) is 0. The lowest BCUT2D eigenvalue weighted by Gasteiger charge is -2.30. The van der Waals surface area contributed by atoms with Gasteiger partial charge in [0, 0.05) is 19.6 Å². The SMILES string of the molecule is CCC(C)(Pc1ccccc1F)c1cc(I)ccc1O. The number of phenols is 1. The molecule has 0 radical (unpaired) electrons. The third kappa shape index (κ3) is 3.32. The summed E-state index contributed by atoms with van der Waals surface area (Å²) >= 11 is 2.23. The van der Waals surface area contributed by atoms with Crippen molar-refractivity contribution in [3.63, 3.8) is 0 Å². The Morgan fingerprint density at radius 3 is 2.60 bits per heavy atom. The maximum Gasteiger partial charge on any atom is 0.130 e. The monoisotopic (exact) mass is 402 g/mol. The minimum absolute atomic E-state index is 0.171. The van der Waals surface area contributed by atoms with Gasteiger partial charge in [0.15, 0.2) is 0 Å². The summed E-state index contributed by atoms with van der Waals surface area (Å²) in [6, 6.07) is 12.5. The van der Waals surface area contributed by atoms with E-state index >= 15 is 0 Å². The molecule has 106 valence electrons. The van der Waals surface area contributed by atoms with Crippen molar-refractivity contribution in [2.75, 3.05) is 0 Å². The highest BCUT2D eigenvalue weighted by molar-refractivity contribution is 14.1. The molecule has 1 nitrogen and oxygen atoms in total. The topological polar surface area (TPSA) is 20.2 Å².